The van der Waals surface area contributed by atoms with Crippen LogP contribution in [0.5, 0.6) is 0 Å². The lowest BCUT2D eigenvalue weighted by atomic mass is 10.1. The van der Waals surface area contributed by atoms with E-state index in [1.807, 2.05) is 6.92 Å². The molecule has 0 aliphatic heterocycles. The van der Waals surface area contributed by atoms with E-state index in [0.29, 0.717) is 13.2 Å². The van der Waals surface area contributed by atoms with Crippen LogP contribution >= 0.6 is 0 Å². The monoisotopic (exact) mass is 277 g/mol. The second kappa shape index (κ2) is 10.3. The van der Waals surface area contributed by atoms with E-state index >= 15 is 0 Å². The van der Waals surface area contributed by atoms with Gasteiger partial charge in [-0.05, 0) is 32.8 Å². The molecule has 1 aromatic rings. The Kier molecular flexibility index (Phi) is 8.47. The molecule has 1 rings (SSSR count). The molecule has 0 saturated heterocycles. The van der Waals surface area contributed by atoms with Crippen LogP contribution in [0.15, 0.2) is 29.3 Å². The Hall–Kier alpha value is -1.55. The fraction of sp³-hybridized carbons (Fsp3) is 0.562. The van der Waals surface area contributed by atoms with Crippen molar-refractivity contribution in [3.8, 4) is 0 Å². The standard InChI is InChI=1S/C16H27N3O/c1-4-17-16(19-11-12-20-5-2)18-10-9-15-8-6-7-14(3)13-15/h6-8,13H,4-5,9-12H2,1-3H3,(H2,17,18,19). The third-order valence-corrected chi connectivity index (χ3v) is 2.84. The van der Waals surface area contributed by atoms with Crippen LogP contribution in [0.4, 0.5) is 0 Å². The van der Waals surface area contributed by atoms with E-state index in [1.54, 1.807) is 0 Å². The van der Waals surface area contributed by atoms with Gasteiger partial charge < -0.3 is 15.4 Å². The highest BCUT2D eigenvalue weighted by atomic mass is 16.5. The van der Waals surface area contributed by atoms with E-state index in [2.05, 4.69) is 53.7 Å². The topological polar surface area (TPSA) is 45.7 Å². The summed E-state index contributed by atoms with van der Waals surface area (Å²) >= 11 is 0. The lowest BCUT2D eigenvalue weighted by Crippen LogP contribution is -2.38. The van der Waals surface area contributed by atoms with Crippen molar-refractivity contribution in [3.63, 3.8) is 0 Å². The summed E-state index contributed by atoms with van der Waals surface area (Å²) < 4.78 is 5.29. The number of hydrogen-bond acceptors (Lipinski definition) is 2. The number of nitrogens with one attached hydrogen (secondary N) is 2. The van der Waals surface area contributed by atoms with E-state index in [0.717, 1.165) is 32.1 Å². The molecule has 20 heavy (non-hydrogen) atoms. The number of ether oxygens (including phenoxy) is 1. The highest BCUT2D eigenvalue weighted by Crippen LogP contribution is 2.03. The Balaban J connectivity index is 2.34. The Morgan fingerprint density at radius 3 is 2.80 bits per heavy atom. The van der Waals surface area contributed by atoms with E-state index in [4.69, 9.17) is 4.74 Å². The van der Waals surface area contributed by atoms with Crippen molar-refractivity contribution in [2.75, 3.05) is 32.8 Å². The van der Waals surface area contributed by atoms with Crippen LogP contribution in [-0.2, 0) is 11.2 Å². The summed E-state index contributed by atoms with van der Waals surface area (Å²) in [5.41, 5.74) is 2.66. The van der Waals surface area contributed by atoms with E-state index in [1.165, 1.54) is 11.1 Å². The average Bonchev–Trinajstić information content (AvgIpc) is 2.43. The van der Waals surface area contributed by atoms with Gasteiger partial charge in [0.2, 0.25) is 0 Å². The zero-order valence-corrected chi connectivity index (χ0v) is 12.9. The van der Waals surface area contributed by atoms with Gasteiger partial charge in [0.15, 0.2) is 5.96 Å². The summed E-state index contributed by atoms with van der Waals surface area (Å²) in [6.07, 6.45) is 0.998. The molecular formula is C16H27N3O. The van der Waals surface area contributed by atoms with Crippen LogP contribution in [0.25, 0.3) is 0 Å². The molecule has 0 aromatic heterocycles. The molecular weight excluding hydrogens is 250 g/mol. The van der Waals surface area contributed by atoms with Crippen molar-refractivity contribution in [3.05, 3.63) is 35.4 Å². The fourth-order valence-electron chi connectivity index (χ4n) is 1.90. The van der Waals surface area contributed by atoms with Crippen LogP contribution in [0, 0.1) is 6.92 Å². The summed E-state index contributed by atoms with van der Waals surface area (Å²) in [4.78, 5) is 4.47. The molecule has 0 atom stereocenters. The van der Waals surface area contributed by atoms with Crippen molar-refractivity contribution >= 4 is 5.96 Å². The van der Waals surface area contributed by atoms with Gasteiger partial charge in [-0.3, -0.25) is 4.99 Å². The van der Waals surface area contributed by atoms with Gasteiger partial charge in [0.05, 0.1) is 13.2 Å². The molecule has 0 bridgehead atoms. The quantitative estimate of drug-likeness (QED) is 0.435. The van der Waals surface area contributed by atoms with Gasteiger partial charge >= 0.3 is 0 Å². The van der Waals surface area contributed by atoms with Crippen LogP contribution in [0.3, 0.4) is 0 Å². The lowest BCUT2D eigenvalue weighted by Gasteiger charge is -2.11. The molecule has 4 nitrogen and oxygen atoms in total. The first kappa shape index (κ1) is 16.5. The van der Waals surface area contributed by atoms with Gasteiger partial charge in [-0.15, -0.1) is 0 Å². The van der Waals surface area contributed by atoms with Gasteiger partial charge in [-0.2, -0.15) is 0 Å². The van der Waals surface area contributed by atoms with Gasteiger partial charge in [0, 0.05) is 19.7 Å². The lowest BCUT2D eigenvalue weighted by molar-refractivity contribution is 0.155. The van der Waals surface area contributed by atoms with Gasteiger partial charge in [-0.1, -0.05) is 29.8 Å². The molecule has 2 N–H and O–H groups in total. The van der Waals surface area contributed by atoms with Crippen molar-refractivity contribution in [2.45, 2.75) is 27.2 Å². The zero-order valence-electron chi connectivity index (χ0n) is 12.9. The minimum atomic E-state index is 0.672. The van der Waals surface area contributed by atoms with E-state index < -0.39 is 0 Å². The van der Waals surface area contributed by atoms with Crippen molar-refractivity contribution in [1.29, 1.82) is 0 Å². The summed E-state index contributed by atoms with van der Waals surface area (Å²) in [5, 5.41) is 6.59. The molecule has 0 heterocycles. The first-order valence-corrected chi connectivity index (χ1v) is 7.41. The third-order valence-electron chi connectivity index (χ3n) is 2.84. The summed E-state index contributed by atoms with van der Waals surface area (Å²) in [6, 6.07) is 8.61. The highest BCUT2D eigenvalue weighted by molar-refractivity contribution is 5.79. The Bertz CT molecular complexity index is 404. The largest absolute Gasteiger partial charge is 0.380 e. The average molecular weight is 277 g/mol. The molecule has 4 heteroatoms. The number of nitrogens with zero attached hydrogens (tertiary/aromatic N) is 1. The smallest absolute Gasteiger partial charge is 0.191 e. The molecule has 0 amide bonds. The maximum absolute atomic E-state index is 5.29. The molecule has 0 spiro atoms. The first-order valence-electron chi connectivity index (χ1n) is 7.41. The Labute approximate surface area is 122 Å². The normalized spacial score (nSPS) is 11.4. The molecule has 0 aliphatic rings. The minimum absolute atomic E-state index is 0.672. The molecule has 1 aromatic carbocycles. The number of hydrogen-bond donors (Lipinski definition) is 2. The van der Waals surface area contributed by atoms with Crippen LogP contribution in [0.2, 0.25) is 0 Å². The van der Waals surface area contributed by atoms with Gasteiger partial charge in [0.25, 0.3) is 0 Å². The summed E-state index contributed by atoms with van der Waals surface area (Å²) in [5.74, 6) is 0.861. The molecule has 0 aliphatic carbocycles. The van der Waals surface area contributed by atoms with Gasteiger partial charge in [0.1, 0.15) is 0 Å². The van der Waals surface area contributed by atoms with E-state index in [-0.39, 0.29) is 0 Å². The summed E-state index contributed by atoms with van der Waals surface area (Å²) in [6.45, 7) is 10.0. The SMILES string of the molecule is CCNC(=NCCOCC)NCCc1cccc(C)c1. The maximum atomic E-state index is 5.29. The van der Waals surface area contributed by atoms with Crippen molar-refractivity contribution < 1.29 is 4.74 Å². The predicted octanol–water partition coefficient (Wildman–Crippen LogP) is 2.13. The molecule has 0 unspecified atom stereocenters. The zero-order chi connectivity index (χ0) is 14.6. The fourth-order valence-corrected chi connectivity index (χ4v) is 1.90. The third kappa shape index (κ3) is 7.14. The minimum Gasteiger partial charge on any atom is -0.380 e. The molecule has 0 radical (unpaired) electrons. The van der Waals surface area contributed by atoms with Crippen molar-refractivity contribution in [2.24, 2.45) is 4.99 Å². The Morgan fingerprint density at radius 1 is 1.25 bits per heavy atom. The second-order valence-electron chi connectivity index (χ2n) is 4.62. The van der Waals surface area contributed by atoms with Crippen LogP contribution in [-0.4, -0.2) is 38.8 Å². The first-order chi connectivity index (χ1) is 9.76. The van der Waals surface area contributed by atoms with Gasteiger partial charge in [-0.25, -0.2) is 0 Å². The van der Waals surface area contributed by atoms with Crippen LogP contribution < -0.4 is 10.6 Å². The molecule has 112 valence electrons. The van der Waals surface area contributed by atoms with Crippen molar-refractivity contribution in [1.82, 2.24) is 10.6 Å². The number of guanidine groups is 1. The number of aliphatic imine (C=N–C) groups is 1. The maximum Gasteiger partial charge on any atom is 0.191 e. The summed E-state index contributed by atoms with van der Waals surface area (Å²) in [7, 11) is 0. The molecule has 0 saturated carbocycles. The Morgan fingerprint density at radius 2 is 2.10 bits per heavy atom. The number of rotatable bonds is 8. The number of benzene rings is 1. The molecule has 0 fully saturated rings. The highest BCUT2D eigenvalue weighted by Gasteiger charge is 1.98. The number of aryl methyl sites for hydroxylation is 1. The van der Waals surface area contributed by atoms with E-state index in [9.17, 15) is 0 Å². The second-order valence-corrected chi connectivity index (χ2v) is 4.62. The van der Waals surface area contributed by atoms with Crippen LogP contribution in [0.1, 0.15) is 25.0 Å². The predicted molar refractivity (Wildman–Crippen MR) is 85.4 cm³/mol.